The van der Waals surface area contributed by atoms with E-state index in [2.05, 4.69) is 73.3 Å². The number of hydrogen-bond acceptors (Lipinski definition) is 2. The van der Waals surface area contributed by atoms with Gasteiger partial charge in [-0.2, -0.15) is 0 Å². The van der Waals surface area contributed by atoms with Crippen LogP contribution in [0.25, 0.3) is 22.3 Å². The molecule has 110 valence electrons. The number of benzene rings is 2. The first-order valence-electron chi connectivity index (χ1n) is 6.90. The molecule has 2 nitrogen and oxygen atoms in total. The molecule has 0 bridgehead atoms. The molecule has 0 unspecified atom stereocenters. The molecule has 0 amide bonds. The Kier molecular flexibility index (Phi) is 3.93. The Morgan fingerprint density at radius 3 is 2.52 bits per heavy atom. The third-order valence-electron chi connectivity index (χ3n) is 3.59. The van der Waals surface area contributed by atoms with Gasteiger partial charge in [0.05, 0.1) is 0 Å². The fourth-order valence-electron chi connectivity index (χ4n) is 2.48. The second-order valence-electron chi connectivity index (χ2n) is 5.40. The van der Waals surface area contributed by atoms with Crippen LogP contribution in [0.2, 0.25) is 0 Å². The molecule has 3 rings (SSSR count). The van der Waals surface area contributed by atoms with Crippen molar-refractivity contribution >= 4 is 16.7 Å². The van der Waals surface area contributed by atoms with E-state index in [1.165, 1.54) is 25.8 Å². The van der Waals surface area contributed by atoms with Crippen LogP contribution in [-0.4, -0.2) is 19.0 Å². The first-order valence-corrected chi connectivity index (χ1v) is 10.1. The van der Waals surface area contributed by atoms with Gasteiger partial charge in [0.15, 0.2) is 0 Å². The summed E-state index contributed by atoms with van der Waals surface area (Å²) in [5, 5.41) is 1.18. The van der Waals surface area contributed by atoms with E-state index in [0.717, 1.165) is 11.3 Å². The second-order valence-corrected chi connectivity index (χ2v) is 7.64. The molecule has 21 heavy (non-hydrogen) atoms. The summed E-state index contributed by atoms with van der Waals surface area (Å²) in [4.78, 5) is 4.48. The summed E-state index contributed by atoms with van der Waals surface area (Å²) in [5.41, 5.74) is 4.71. The molecule has 1 heterocycles. The Hall–Kier alpha value is -1.49. The predicted octanol–water partition coefficient (Wildman–Crippen LogP) is 1.36. The number of hydrogen-bond donors (Lipinski definition) is 0. The molecular formula is C18H19INO-. The summed E-state index contributed by atoms with van der Waals surface area (Å²) >= 11 is 0.0325. The number of alkyl halides is 1. The number of anilines is 1. The van der Waals surface area contributed by atoms with Gasteiger partial charge in [0.25, 0.3) is 0 Å². The van der Waals surface area contributed by atoms with Crippen molar-refractivity contribution in [3.05, 3.63) is 51.6 Å². The Bertz CT molecular complexity index is 789. The van der Waals surface area contributed by atoms with Gasteiger partial charge in [-0.05, 0) is 0 Å². The number of nitrogens with zero attached hydrogens (tertiary/aromatic N) is 1. The zero-order valence-corrected chi connectivity index (χ0v) is 14.9. The van der Waals surface area contributed by atoms with Crippen LogP contribution in [0.4, 0.5) is 5.69 Å². The Labute approximate surface area is 136 Å². The van der Waals surface area contributed by atoms with Gasteiger partial charge in [-0.3, -0.25) is 0 Å². The number of halogens is 1. The van der Waals surface area contributed by atoms with Crippen molar-refractivity contribution in [1.82, 2.24) is 0 Å². The molecule has 3 aromatic rings. The standard InChI is InChI=1S/C18H19INO/c1-12-5-8-17-14(9-12)11-18(21-17)13-6-7-16(20(3)4)15(10-13)19-2/h5-11H,1-4H3/q-1. The molecule has 0 radical (unpaired) electrons. The van der Waals surface area contributed by atoms with Gasteiger partial charge in [-0.25, -0.2) is 0 Å². The molecule has 0 fully saturated rings. The fraction of sp³-hybridized carbons (Fsp3) is 0.222. The SMILES string of the molecule is C[I-]c1cc(-c2cc3cc(C)ccc3o2)ccc1N(C)C. The van der Waals surface area contributed by atoms with Crippen LogP contribution >= 0.6 is 0 Å². The molecule has 0 spiro atoms. The summed E-state index contributed by atoms with van der Waals surface area (Å²) in [6, 6.07) is 15.1. The number of furan rings is 1. The van der Waals surface area contributed by atoms with E-state index in [0.29, 0.717) is 0 Å². The zero-order valence-electron chi connectivity index (χ0n) is 12.8. The van der Waals surface area contributed by atoms with Crippen LogP contribution in [0.1, 0.15) is 5.56 Å². The number of aryl methyl sites for hydroxylation is 1. The average molecular weight is 392 g/mol. The van der Waals surface area contributed by atoms with Gasteiger partial charge in [0.2, 0.25) is 0 Å². The van der Waals surface area contributed by atoms with Gasteiger partial charge < -0.3 is 0 Å². The third kappa shape index (κ3) is 2.79. The van der Waals surface area contributed by atoms with Crippen LogP contribution in [-0.2, 0) is 0 Å². The molecule has 0 saturated carbocycles. The predicted molar refractivity (Wildman–Crippen MR) is 85.3 cm³/mol. The summed E-state index contributed by atoms with van der Waals surface area (Å²) in [5.74, 6) is 0.958. The van der Waals surface area contributed by atoms with Crippen molar-refractivity contribution in [3.8, 4) is 11.3 Å². The van der Waals surface area contributed by atoms with Crippen LogP contribution in [0.5, 0.6) is 0 Å². The quantitative estimate of drug-likeness (QED) is 0.495. The van der Waals surface area contributed by atoms with Crippen LogP contribution < -0.4 is 26.1 Å². The molecule has 0 aliphatic rings. The maximum absolute atomic E-state index is 6.01. The van der Waals surface area contributed by atoms with Crippen molar-refractivity contribution in [2.24, 2.45) is 0 Å². The number of fused-ring (bicyclic) bond motifs is 1. The molecule has 2 aromatic carbocycles. The van der Waals surface area contributed by atoms with Crippen LogP contribution in [0.3, 0.4) is 0 Å². The van der Waals surface area contributed by atoms with Gasteiger partial charge in [-0.15, -0.1) is 0 Å². The summed E-state index contributed by atoms with van der Waals surface area (Å²) < 4.78 is 7.46. The van der Waals surface area contributed by atoms with E-state index >= 15 is 0 Å². The molecule has 0 aliphatic heterocycles. The molecule has 0 saturated heterocycles. The van der Waals surface area contributed by atoms with E-state index in [4.69, 9.17) is 4.42 Å². The molecular weight excluding hydrogens is 373 g/mol. The molecule has 0 N–H and O–H groups in total. The van der Waals surface area contributed by atoms with E-state index in [1.807, 2.05) is 0 Å². The van der Waals surface area contributed by atoms with E-state index in [-0.39, 0.29) is 21.2 Å². The summed E-state index contributed by atoms with van der Waals surface area (Å²) in [6.45, 7) is 2.11. The summed E-state index contributed by atoms with van der Waals surface area (Å²) in [6.07, 6.45) is 0. The summed E-state index contributed by atoms with van der Waals surface area (Å²) in [7, 11) is 4.20. The third-order valence-corrected chi connectivity index (χ3v) is 5.62. The van der Waals surface area contributed by atoms with Crippen molar-refractivity contribution in [2.45, 2.75) is 6.92 Å². The first kappa shape index (κ1) is 14.4. The molecule has 0 atom stereocenters. The van der Waals surface area contributed by atoms with Gasteiger partial charge in [0.1, 0.15) is 0 Å². The van der Waals surface area contributed by atoms with Gasteiger partial charge in [0, 0.05) is 0 Å². The number of rotatable bonds is 3. The molecule has 0 aliphatic carbocycles. The Balaban J connectivity index is 2.09. The molecule has 3 heteroatoms. The van der Waals surface area contributed by atoms with Crippen LogP contribution in [0, 0.1) is 10.5 Å². The van der Waals surface area contributed by atoms with Crippen molar-refractivity contribution in [1.29, 1.82) is 0 Å². The molecule has 1 aromatic heterocycles. The van der Waals surface area contributed by atoms with Gasteiger partial charge in [-0.1, -0.05) is 0 Å². The topological polar surface area (TPSA) is 16.4 Å². The van der Waals surface area contributed by atoms with Crippen molar-refractivity contribution in [2.75, 3.05) is 23.9 Å². The average Bonchev–Trinajstić information content (AvgIpc) is 2.89. The van der Waals surface area contributed by atoms with E-state index < -0.39 is 0 Å². The van der Waals surface area contributed by atoms with Crippen molar-refractivity contribution in [3.63, 3.8) is 0 Å². The van der Waals surface area contributed by atoms with Gasteiger partial charge >= 0.3 is 136 Å². The Morgan fingerprint density at radius 2 is 1.81 bits per heavy atom. The second kappa shape index (κ2) is 5.72. The van der Waals surface area contributed by atoms with Crippen molar-refractivity contribution < 1.29 is 25.6 Å². The fourth-order valence-corrected chi connectivity index (χ4v) is 4.34. The Morgan fingerprint density at radius 1 is 1.00 bits per heavy atom. The van der Waals surface area contributed by atoms with E-state index in [1.54, 1.807) is 0 Å². The normalized spacial score (nSPS) is 11.2. The van der Waals surface area contributed by atoms with E-state index in [9.17, 15) is 0 Å². The first-order chi connectivity index (χ1) is 10.1. The van der Waals surface area contributed by atoms with Crippen LogP contribution in [0.15, 0.2) is 46.9 Å². The zero-order chi connectivity index (χ0) is 15.0. The monoisotopic (exact) mass is 392 g/mol. The maximum atomic E-state index is 6.01. The minimum absolute atomic E-state index is 0.0325. The minimum atomic E-state index is 0.0325.